The lowest BCUT2D eigenvalue weighted by Gasteiger charge is -1.81. The Hall–Kier alpha value is -2.45. The van der Waals surface area contributed by atoms with Crippen LogP contribution in [0.3, 0.4) is 0 Å². The predicted molar refractivity (Wildman–Crippen MR) is 43.8 cm³/mol. The van der Waals surface area contributed by atoms with E-state index >= 15 is 0 Å². The fraction of sp³-hybridized carbons (Fsp3) is 0. The smallest absolute Gasteiger partial charge is 0.271 e. The van der Waals surface area contributed by atoms with Gasteiger partial charge in [-0.15, -0.1) is 0 Å². The molecule has 0 fully saturated rings. The third kappa shape index (κ3) is 1.26. The summed E-state index contributed by atoms with van der Waals surface area (Å²) in [7, 11) is 0. The van der Waals surface area contributed by atoms with E-state index in [-0.39, 0.29) is 23.2 Å². The van der Waals surface area contributed by atoms with E-state index in [1.54, 1.807) is 0 Å². The van der Waals surface area contributed by atoms with Crippen LogP contribution in [0.2, 0.25) is 0 Å². The van der Waals surface area contributed by atoms with Crippen molar-refractivity contribution in [1.29, 1.82) is 0 Å². The van der Waals surface area contributed by atoms with Gasteiger partial charge in [-0.05, 0) is 10.3 Å². The molecule has 0 saturated heterocycles. The maximum atomic E-state index is 5.41. The highest BCUT2D eigenvalue weighted by Crippen LogP contribution is 2.17. The molecule has 0 aliphatic rings. The SMILES string of the molecule is NN=Cc1nc(-c2nonc2N)no1. The summed E-state index contributed by atoms with van der Waals surface area (Å²) >= 11 is 0. The first kappa shape index (κ1) is 8.16. The van der Waals surface area contributed by atoms with Gasteiger partial charge < -0.3 is 16.1 Å². The minimum Gasteiger partial charge on any atom is -0.379 e. The third-order valence-corrected chi connectivity index (χ3v) is 1.35. The molecule has 2 aromatic rings. The molecule has 0 bridgehead atoms. The van der Waals surface area contributed by atoms with Crippen molar-refractivity contribution in [2.75, 3.05) is 5.73 Å². The predicted octanol–water partition coefficient (Wildman–Crippen LogP) is -1.01. The monoisotopic (exact) mass is 195 g/mol. The van der Waals surface area contributed by atoms with Crippen LogP contribution < -0.4 is 11.6 Å². The zero-order valence-electron chi connectivity index (χ0n) is 6.78. The van der Waals surface area contributed by atoms with Crippen molar-refractivity contribution in [3.8, 4) is 11.5 Å². The summed E-state index contributed by atoms with van der Waals surface area (Å²) in [5, 5.41) is 13.6. The minimum atomic E-state index is 0.0852. The molecule has 0 atom stereocenters. The molecule has 0 saturated carbocycles. The Labute approximate surface area is 76.7 Å². The molecule has 0 radical (unpaired) electrons. The number of aromatic nitrogens is 4. The second-order valence-corrected chi connectivity index (χ2v) is 2.23. The zero-order chi connectivity index (χ0) is 9.97. The highest BCUT2D eigenvalue weighted by atomic mass is 16.6. The number of hydrogen-bond acceptors (Lipinski definition) is 9. The lowest BCUT2D eigenvalue weighted by Crippen LogP contribution is -1.90. The van der Waals surface area contributed by atoms with Crippen molar-refractivity contribution in [1.82, 2.24) is 20.5 Å². The van der Waals surface area contributed by atoms with Crippen molar-refractivity contribution in [3.63, 3.8) is 0 Å². The number of hydrazone groups is 1. The maximum Gasteiger partial charge on any atom is 0.271 e. The number of nitrogens with two attached hydrogens (primary N) is 2. The molecule has 0 aromatic carbocycles. The van der Waals surface area contributed by atoms with E-state index in [9.17, 15) is 0 Å². The van der Waals surface area contributed by atoms with Gasteiger partial charge in [0.2, 0.25) is 5.82 Å². The molecule has 2 heterocycles. The van der Waals surface area contributed by atoms with Gasteiger partial charge in [0.05, 0.1) is 0 Å². The van der Waals surface area contributed by atoms with Crippen LogP contribution in [0, 0.1) is 0 Å². The second-order valence-electron chi connectivity index (χ2n) is 2.23. The quantitative estimate of drug-likeness (QED) is 0.352. The fourth-order valence-corrected chi connectivity index (χ4v) is 0.798. The topological polar surface area (TPSA) is 142 Å². The van der Waals surface area contributed by atoms with Crippen LogP contribution in [-0.4, -0.2) is 26.7 Å². The first-order chi connectivity index (χ1) is 6.81. The molecule has 2 rings (SSSR count). The Morgan fingerprint density at radius 3 is 2.79 bits per heavy atom. The van der Waals surface area contributed by atoms with Crippen molar-refractivity contribution in [2.24, 2.45) is 10.9 Å². The van der Waals surface area contributed by atoms with Crippen LogP contribution in [0.5, 0.6) is 0 Å². The van der Waals surface area contributed by atoms with Crippen molar-refractivity contribution >= 4 is 12.0 Å². The normalized spacial score (nSPS) is 11.1. The van der Waals surface area contributed by atoms with Gasteiger partial charge in [0.1, 0.15) is 6.21 Å². The van der Waals surface area contributed by atoms with Gasteiger partial charge in [-0.3, -0.25) is 0 Å². The molecule has 14 heavy (non-hydrogen) atoms. The van der Waals surface area contributed by atoms with Gasteiger partial charge in [0.15, 0.2) is 11.5 Å². The first-order valence-corrected chi connectivity index (χ1v) is 3.46. The molecule has 9 heteroatoms. The zero-order valence-corrected chi connectivity index (χ0v) is 6.78. The van der Waals surface area contributed by atoms with E-state index in [1.807, 2.05) is 0 Å². The van der Waals surface area contributed by atoms with Crippen molar-refractivity contribution in [2.45, 2.75) is 0 Å². The Bertz CT molecular complexity index is 458. The van der Waals surface area contributed by atoms with Gasteiger partial charge in [0.25, 0.3) is 5.89 Å². The van der Waals surface area contributed by atoms with Gasteiger partial charge in [-0.25, -0.2) is 4.63 Å². The molecule has 0 aliphatic carbocycles. The first-order valence-electron chi connectivity index (χ1n) is 3.46. The highest BCUT2D eigenvalue weighted by molar-refractivity contribution is 5.74. The van der Waals surface area contributed by atoms with Crippen LogP contribution in [0.25, 0.3) is 11.5 Å². The summed E-state index contributed by atoms with van der Waals surface area (Å²) in [5.74, 6) is 5.28. The van der Waals surface area contributed by atoms with E-state index in [4.69, 9.17) is 16.1 Å². The van der Waals surface area contributed by atoms with Gasteiger partial charge in [0, 0.05) is 0 Å². The number of nitrogen functional groups attached to an aromatic ring is 1. The highest BCUT2D eigenvalue weighted by Gasteiger charge is 2.15. The van der Waals surface area contributed by atoms with Crippen LogP contribution in [0.15, 0.2) is 14.3 Å². The lowest BCUT2D eigenvalue weighted by molar-refractivity contribution is 0.310. The second kappa shape index (κ2) is 3.12. The number of nitrogens with zero attached hydrogens (tertiary/aromatic N) is 5. The van der Waals surface area contributed by atoms with E-state index in [0.717, 1.165) is 0 Å². The maximum absolute atomic E-state index is 5.41. The molecule has 72 valence electrons. The minimum absolute atomic E-state index is 0.0852. The fourth-order valence-electron chi connectivity index (χ4n) is 0.798. The van der Waals surface area contributed by atoms with E-state index in [0.29, 0.717) is 0 Å². The van der Waals surface area contributed by atoms with Crippen LogP contribution >= 0.6 is 0 Å². The molecule has 0 spiro atoms. The third-order valence-electron chi connectivity index (χ3n) is 1.35. The molecule has 4 N–H and O–H groups in total. The van der Waals surface area contributed by atoms with Gasteiger partial charge in [-0.1, -0.05) is 5.16 Å². The van der Waals surface area contributed by atoms with Crippen LogP contribution in [0.4, 0.5) is 5.82 Å². The van der Waals surface area contributed by atoms with Crippen molar-refractivity contribution in [3.05, 3.63) is 5.89 Å². The summed E-state index contributed by atoms with van der Waals surface area (Å²) in [6, 6.07) is 0. The van der Waals surface area contributed by atoms with Gasteiger partial charge in [-0.2, -0.15) is 10.1 Å². The van der Waals surface area contributed by atoms with Gasteiger partial charge >= 0.3 is 0 Å². The average molecular weight is 195 g/mol. The summed E-state index contributed by atoms with van der Waals surface area (Å²) in [6.45, 7) is 0. The van der Waals surface area contributed by atoms with E-state index in [1.165, 1.54) is 6.21 Å². The number of hydrogen-bond donors (Lipinski definition) is 2. The molecule has 0 aliphatic heterocycles. The lowest BCUT2D eigenvalue weighted by atomic mass is 10.4. The molecule has 0 unspecified atom stereocenters. The van der Waals surface area contributed by atoms with E-state index < -0.39 is 0 Å². The summed E-state index contributed by atoms with van der Waals surface area (Å²) in [4.78, 5) is 3.85. The number of rotatable bonds is 2. The van der Waals surface area contributed by atoms with Crippen LogP contribution in [0.1, 0.15) is 5.89 Å². The Kier molecular flexibility index (Phi) is 1.82. The summed E-state index contributed by atoms with van der Waals surface area (Å²) in [5.41, 5.74) is 5.62. The Balaban J connectivity index is 2.38. The largest absolute Gasteiger partial charge is 0.379 e. The Morgan fingerprint density at radius 2 is 2.14 bits per heavy atom. The molecule has 0 amide bonds. The summed E-state index contributed by atoms with van der Waals surface area (Å²) in [6.07, 6.45) is 1.19. The van der Waals surface area contributed by atoms with Crippen molar-refractivity contribution < 1.29 is 9.15 Å². The molecule has 9 nitrogen and oxygen atoms in total. The summed E-state index contributed by atoms with van der Waals surface area (Å²) < 4.78 is 9.09. The molecular weight excluding hydrogens is 190 g/mol. The Morgan fingerprint density at radius 1 is 1.29 bits per heavy atom. The average Bonchev–Trinajstić information content (AvgIpc) is 2.74. The van der Waals surface area contributed by atoms with E-state index in [2.05, 4.69) is 30.2 Å². The molecular formula is C5H5N7O2. The molecule has 2 aromatic heterocycles. The standard InChI is InChI=1S/C5H5N7O2/c6-4-3(10-14-11-4)5-9-2(1-8-7)13-12-5/h1H,7H2,(H2,6,11). The van der Waals surface area contributed by atoms with Crippen LogP contribution in [-0.2, 0) is 0 Å². The number of anilines is 1.